The van der Waals surface area contributed by atoms with E-state index in [1.807, 2.05) is 43.3 Å². The molecule has 2 amide bonds. The summed E-state index contributed by atoms with van der Waals surface area (Å²) in [6, 6.07) is 24.4. The second-order valence-corrected chi connectivity index (χ2v) is 11.0. The summed E-state index contributed by atoms with van der Waals surface area (Å²) in [6.45, 7) is 2.61. The number of hydrogen-bond donors (Lipinski definition) is 2. The first kappa shape index (κ1) is 28.1. The van der Waals surface area contributed by atoms with E-state index < -0.39 is 5.69 Å². The van der Waals surface area contributed by atoms with Crippen molar-refractivity contribution in [2.45, 2.75) is 52.1 Å². The van der Waals surface area contributed by atoms with E-state index >= 15 is 0 Å². The number of carbonyl (C=O) groups excluding carboxylic acids is 2. The van der Waals surface area contributed by atoms with Crippen LogP contribution in [0.2, 0.25) is 0 Å². The number of nitrogens with one attached hydrogen (secondary N) is 2. The van der Waals surface area contributed by atoms with Gasteiger partial charge in [-0.1, -0.05) is 54.6 Å². The average Bonchev–Trinajstić information content (AvgIpc) is 2.98. The van der Waals surface area contributed by atoms with E-state index in [0.717, 1.165) is 37.7 Å². The second-order valence-electron chi connectivity index (χ2n) is 11.0. The lowest BCUT2D eigenvalue weighted by atomic mass is 9.81. The Morgan fingerprint density at radius 2 is 1.59 bits per heavy atom. The Kier molecular flexibility index (Phi) is 8.77. The van der Waals surface area contributed by atoms with E-state index in [2.05, 4.69) is 22.8 Å². The minimum atomic E-state index is -0.492. The molecule has 0 aliphatic heterocycles. The number of hydrogen-bond acceptors (Lipinski definition) is 4. The van der Waals surface area contributed by atoms with Crippen molar-refractivity contribution in [2.75, 3.05) is 11.9 Å². The molecule has 0 unspecified atom stereocenters. The summed E-state index contributed by atoms with van der Waals surface area (Å²) < 4.78 is 2.65. The van der Waals surface area contributed by atoms with Crippen LogP contribution in [0.3, 0.4) is 0 Å². The summed E-state index contributed by atoms with van der Waals surface area (Å²) in [5.74, 6) is -0.224. The van der Waals surface area contributed by atoms with Gasteiger partial charge in [0.05, 0.1) is 10.9 Å². The molecule has 1 aliphatic rings. The molecule has 41 heavy (non-hydrogen) atoms. The maximum atomic E-state index is 13.6. The van der Waals surface area contributed by atoms with Crippen LogP contribution in [-0.2, 0) is 29.1 Å². The molecular weight excluding hydrogens is 516 g/mol. The fourth-order valence-corrected chi connectivity index (χ4v) is 5.74. The van der Waals surface area contributed by atoms with Crippen LogP contribution < -0.4 is 21.9 Å². The Balaban J connectivity index is 1.25. The van der Waals surface area contributed by atoms with Gasteiger partial charge in [0.15, 0.2) is 0 Å². The molecule has 4 aromatic rings. The van der Waals surface area contributed by atoms with Gasteiger partial charge in [0, 0.05) is 24.7 Å². The molecule has 5 rings (SSSR count). The van der Waals surface area contributed by atoms with Crippen LogP contribution in [0.1, 0.15) is 36.8 Å². The van der Waals surface area contributed by atoms with Crippen molar-refractivity contribution in [3.05, 3.63) is 111 Å². The molecule has 8 nitrogen and oxygen atoms in total. The SMILES string of the molecule is Cc1cccc(NC(=O)Cn2c(=O)n(CC3CCC(C(=O)NCCc4ccccc4)CC3)c(=O)c3ccccc32)c1. The lowest BCUT2D eigenvalue weighted by molar-refractivity contribution is -0.126. The highest BCUT2D eigenvalue weighted by Crippen LogP contribution is 2.29. The van der Waals surface area contributed by atoms with Gasteiger partial charge in [-0.05, 0) is 80.3 Å². The van der Waals surface area contributed by atoms with Crippen LogP contribution >= 0.6 is 0 Å². The maximum absolute atomic E-state index is 13.6. The van der Waals surface area contributed by atoms with Gasteiger partial charge in [-0.2, -0.15) is 0 Å². The third kappa shape index (κ3) is 6.82. The minimum absolute atomic E-state index is 0.0580. The zero-order valence-electron chi connectivity index (χ0n) is 23.3. The predicted molar refractivity (Wildman–Crippen MR) is 161 cm³/mol. The number of aryl methyl sites for hydroxylation is 1. The molecule has 1 saturated carbocycles. The molecule has 8 heteroatoms. The van der Waals surface area contributed by atoms with Gasteiger partial charge in [-0.25, -0.2) is 4.79 Å². The van der Waals surface area contributed by atoms with Crippen molar-refractivity contribution in [3.8, 4) is 0 Å². The van der Waals surface area contributed by atoms with Gasteiger partial charge in [-0.15, -0.1) is 0 Å². The third-order valence-electron chi connectivity index (χ3n) is 7.95. The molecule has 3 aromatic carbocycles. The van der Waals surface area contributed by atoms with E-state index in [1.54, 1.807) is 30.3 Å². The van der Waals surface area contributed by atoms with Crippen molar-refractivity contribution in [2.24, 2.45) is 11.8 Å². The zero-order chi connectivity index (χ0) is 28.8. The summed E-state index contributed by atoms with van der Waals surface area (Å²) in [7, 11) is 0. The highest BCUT2D eigenvalue weighted by molar-refractivity contribution is 5.91. The lowest BCUT2D eigenvalue weighted by Crippen LogP contribution is -2.43. The summed E-state index contributed by atoms with van der Waals surface area (Å²) in [5.41, 5.74) is 2.46. The highest BCUT2D eigenvalue weighted by Gasteiger charge is 2.27. The van der Waals surface area contributed by atoms with Gasteiger partial charge in [-0.3, -0.25) is 23.5 Å². The number of aromatic nitrogens is 2. The van der Waals surface area contributed by atoms with Crippen LogP contribution in [0.4, 0.5) is 5.69 Å². The van der Waals surface area contributed by atoms with Gasteiger partial charge in [0.25, 0.3) is 5.56 Å². The number of para-hydroxylation sites is 1. The van der Waals surface area contributed by atoms with Crippen LogP contribution in [0.15, 0.2) is 88.5 Å². The van der Waals surface area contributed by atoms with Crippen LogP contribution in [-0.4, -0.2) is 27.5 Å². The van der Waals surface area contributed by atoms with Crippen molar-refractivity contribution in [1.29, 1.82) is 0 Å². The normalized spacial score (nSPS) is 16.8. The molecule has 212 valence electrons. The van der Waals surface area contributed by atoms with Gasteiger partial charge in [0.2, 0.25) is 11.8 Å². The summed E-state index contributed by atoms with van der Waals surface area (Å²) in [6.07, 6.45) is 3.74. The minimum Gasteiger partial charge on any atom is -0.356 e. The molecule has 0 atom stereocenters. The first-order valence-electron chi connectivity index (χ1n) is 14.3. The lowest BCUT2D eigenvalue weighted by Gasteiger charge is -2.28. The largest absolute Gasteiger partial charge is 0.356 e. The standard InChI is InChI=1S/C33H36N4O4/c1-23-8-7-11-27(20-23)35-30(38)22-36-29-13-6-5-12-28(29)32(40)37(33(36)41)21-25-14-16-26(17-15-25)31(39)34-19-18-24-9-3-2-4-10-24/h2-13,20,25-26H,14-19,21-22H2,1H3,(H,34,39)(H,35,38). The number of carbonyl (C=O) groups is 2. The topological polar surface area (TPSA) is 102 Å². The van der Waals surface area contributed by atoms with Crippen LogP contribution in [0.25, 0.3) is 10.9 Å². The van der Waals surface area contributed by atoms with E-state index in [0.29, 0.717) is 23.1 Å². The van der Waals surface area contributed by atoms with E-state index in [4.69, 9.17) is 0 Å². The predicted octanol–water partition coefficient (Wildman–Crippen LogP) is 4.28. The molecule has 0 radical (unpaired) electrons. The summed E-state index contributed by atoms with van der Waals surface area (Å²) >= 11 is 0. The number of rotatable bonds is 9. The quantitative estimate of drug-likeness (QED) is 0.324. The number of amides is 2. The molecule has 0 spiro atoms. The fourth-order valence-electron chi connectivity index (χ4n) is 5.74. The average molecular weight is 553 g/mol. The number of benzene rings is 3. The van der Waals surface area contributed by atoms with Crippen molar-refractivity contribution in [3.63, 3.8) is 0 Å². The Hall–Kier alpha value is -4.46. The number of fused-ring (bicyclic) bond motifs is 1. The fraction of sp³-hybridized carbons (Fsp3) is 0.333. The number of anilines is 1. The van der Waals surface area contributed by atoms with E-state index in [-0.39, 0.29) is 42.3 Å². The number of nitrogens with zero attached hydrogens (tertiary/aromatic N) is 2. The van der Waals surface area contributed by atoms with Gasteiger partial charge in [0.1, 0.15) is 6.54 Å². The summed E-state index contributed by atoms with van der Waals surface area (Å²) in [5, 5.41) is 6.32. The van der Waals surface area contributed by atoms with Crippen LogP contribution in [0, 0.1) is 18.8 Å². The molecule has 1 fully saturated rings. The molecule has 1 heterocycles. The molecular formula is C33H36N4O4. The highest BCUT2D eigenvalue weighted by atomic mass is 16.2. The first-order valence-corrected chi connectivity index (χ1v) is 14.3. The van der Waals surface area contributed by atoms with E-state index in [9.17, 15) is 19.2 Å². The molecule has 1 aliphatic carbocycles. The zero-order valence-corrected chi connectivity index (χ0v) is 23.3. The third-order valence-corrected chi connectivity index (χ3v) is 7.95. The van der Waals surface area contributed by atoms with Crippen molar-refractivity contribution < 1.29 is 9.59 Å². The summed E-state index contributed by atoms with van der Waals surface area (Å²) in [4.78, 5) is 52.7. The first-order chi connectivity index (χ1) is 19.9. The Morgan fingerprint density at radius 3 is 2.34 bits per heavy atom. The Labute approximate surface area is 239 Å². The molecule has 0 saturated heterocycles. The molecule has 2 N–H and O–H groups in total. The second kappa shape index (κ2) is 12.8. The van der Waals surface area contributed by atoms with Crippen molar-refractivity contribution >= 4 is 28.4 Å². The monoisotopic (exact) mass is 552 g/mol. The van der Waals surface area contributed by atoms with Gasteiger partial charge >= 0.3 is 5.69 Å². The smallest absolute Gasteiger partial charge is 0.331 e. The van der Waals surface area contributed by atoms with Crippen LogP contribution in [0.5, 0.6) is 0 Å². The molecule has 1 aromatic heterocycles. The van der Waals surface area contributed by atoms with Crippen molar-refractivity contribution in [1.82, 2.24) is 14.5 Å². The van der Waals surface area contributed by atoms with E-state index in [1.165, 1.54) is 14.7 Å². The maximum Gasteiger partial charge on any atom is 0.331 e. The Morgan fingerprint density at radius 1 is 0.854 bits per heavy atom. The molecule has 0 bridgehead atoms. The van der Waals surface area contributed by atoms with Gasteiger partial charge < -0.3 is 10.6 Å². The Bertz CT molecular complexity index is 1650.